The largest absolute Gasteiger partial charge is 0.355 e. The summed E-state index contributed by atoms with van der Waals surface area (Å²) in [6.07, 6.45) is 0. The zero-order valence-electron chi connectivity index (χ0n) is 16.8. The Kier molecular flexibility index (Phi) is 5.84. The Labute approximate surface area is 172 Å². The number of carbonyl (C=O) groups excluding carboxylic acids is 3. The predicted molar refractivity (Wildman–Crippen MR) is 105 cm³/mol. The maximum atomic E-state index is 14.2. The van der Waals surface area contributed by atoms with E-state index in [4.69, 9.17) is 0 Å². The highest BCUT2D eigenvalue weighted by molar-refractivity contribution is 6.07. The summed E-state index contributed by atoms with van der Waals surface area (Å²) in [6, 6.07) is 9.01. The monoisotopic (exact) mass is 416 g/mol. The van der Waals surface area contributed by atoms with Crippen LogP contribution in [0.3, 0.4) is 0 Å². The third-order valence-electron chi connectivity index (χ3n) is 5.02. The molecule has 1 heterocycles. The number of rotatable bonds is 6. The molecule has 30 heavy (non-hydrogen) atoms. The number of urea groups is 1. The highest BCUT2D eigenvalue weighted by atomic mass is 19.1. The van der Waals surface area contributed by atoms with Crippen LogP contribution < -0.4 is 10.6 Å². The first kappa shape index (κ1) is 21.4. The van der Waals surface area contributed by atoms with E-state index in [0.717, 1.165) is 28.7 Å². The van der Waals surface area contributed by atoms with E-state index in [2.05, 4.69) is 10.6 Å². The maximum Gasteiger partial charge on any atom is 0.326 e. The fourth-order valence-corrected chi connectivity index (χ4v) is 3.40. The van der Waals surface area contributed by atoms with Crippen molar-refractivity contribution in [3.05, 3.63) is 70.8 Å². The van der Waals surface area contributed by atoms with Crippen LogP contribution in [0.2, 0.25) is 0 Å². The topological polar surface area (TPSA) is 81.8 Å². The molecule has 0 saturated carbocycles. The molecule has 2 N–H and O–H groups in total. The van der Waals surface area contributed by atoms with Gasteiger partial charge in [-0.2, -0.15) is 0 Å². The summed E-state index contributed by atoms with van der Waals surface area (Å²) in [5, 5.41) is 5.01. The van der Waals surface area contributed by atoms with Gasteiger partial charge in [-0.1, -0.05) is 12.1 Å². The average Bonchev–Trinajstić information content (AvgIpc) is 2.93. The molecule has 0 unspecified atom stereocenters. The van der Waals surface area contributed by atoms with Crippen LogP contribution in [0.4, 0.5) is 13.6 Å². The molecule has 158 valence electrons. The highest BCUT2D eigenvalue weighted by Gasteiger charge is 2.50. The molecule has 1 aliphatic rings. The van der Waals surface area contributed by atoms with Crippen LogP contribution in [0.5, 0.6) is 0 Å². The molecule has 1 atom stereocenters. The molecule has 4 amide bonds. The summed E-state index contributed by atoms with van der Waals surface area (Å²) in [6.45, 7) is 1.70. The number of hydrogen-bond donors (Lipinski definition) is 2. The second-order valence-corrected chi connectivity index (χ2v) is 7.34. The third kappa shape index (κ3) is 4.02. The summed E-state index contributed by atoms with van der Waals surface area (Å²) in [5.41, 5.74) is -0.531. The van der Waals surface area contributed by atoms with Gasteiger partial charge in [0.05, 0.1) is 6.67 Å². The number of carbonyl (C=O) groups is 3. The van der Waals surface area contributed by atoms with Gasteiger partial charge < -0.3 is 10.6 Å². The molecular weight excluding hydrogens is 394 g/mol. The molecule has 2 aromatic carbocycles. The lowest BCUT2D eigenvalue weighted by molar-refractivity contribution is -0.132. The molecule has 0 bridgehead atoms. The van der Waals surface area contributed by atoms with Gasteiger partial charge in [0, 0.05) is 24.7 Å². The molecule has 0 aromatic heterocycles. The van der Waals surface area contributed by atoms with E-state index in [0.29, 0.717) is 12.1 Å². The summed E-state index contributed by atoms with van der Waals surface area (Å²) in [5.74, 6) is -2.35. The van der Waals surface area contributed by atoms with Gasteiger partial charge in [-0.15, -0.1) is 0 Å². The van der Waals surface area contributed by atoms with E-state index in [-0.39, 0.29) is 18.1 Å². The van der Waals surface area contributed by atoms with Gasteiger partial charge in [-0.25, -0.2) is 18.5 Å². The summed E-state index contributed by atoms with van der Waals surface area (Å²) < 4.78 is 27.8. The molecule has 0 radical (unpaired) electrons. The zero-order chi connectivity index (χ0) is 22.1. The van der Waals surface area contributed by atoms with E-state index >= 15 is 0 Å². The molecule has 1 aliphatic heterocycles. The minimum atomic E-state index is -1.70. The molecule has 7 nitrogen and oxygen atoms in total. The van der Waals surface area contributed by atoms with Crippen molar-refractivity contribution in [1.29, 1.82) is 0 Å². The van der Waals surface area contributed by atoms with E-state index in [1.807, 2.05) is 0 Å². The Bertz CT molecular complexity index is 996. The first-order valence-corrected chi connectivity index (χ1v) is 9.25. The van der Waals surface area contributed by atoms with Gasteiger partial charge in [0.1, 0.15) is 17.2 Å². The van der Waals surface area contributed by atoms with Crippen molar-refractivity contribution >= 4 is 17.8 Å². The predicted octanol–water partition coefficient (Wildman–Crippen LogP) is 2.18. The van der Waals surface area contributed by atoms with Crippen LogP contribution in [0.15, 0.2) is 42.5 Å². The Balaban J connectivity index is 1.72. The minimum absolute atomic E-state index is 0.0472. The van der Waals surface area contributed by atoms with Gasteiger partial charge in [-0.3, -0.25) is 14.5 Å². The Morgan fingerprint density at radius 1 is 1.17 bits per heavy atom. The van der Waals surface area contributed by atoms with Crippen molar-refractivity contribution in [2.45, 2.75) is 19.0 Å². The fraction of sp³-hybridized carbons (Fsp3) is 0.286. The van der Waals surface area contributed by atoms with Crippen LogP contribution in [0, 0.1) is 11.6 Å². The highest BCUT2D eigenvalue weighted by Crippen LogP contribution is 2.31. The normalized spacial score (nSPS) is 18.7. The zero-order valence-corrected chi connectivity index (χ0v) is 16.8. The van der Waals surface area contributed by atoms with Crippen molar-refractivity contribution in [2.75, 3.05) is 20.8 Å². The number of imide groups is 1. The Morgan fingerprint density at radius 2 is 1.83 bits per heavy atom. The van der Waals surface area contributed by atoms with Crippen LogP contribution >= 0.6 is 0 Å². The van der Waals surface area contributed by atoms with Crippen LogP contribution in [-0.4, -0.2) is 48.4 Å². The van der Waals surface area contributed by atoms with Gasteiger partial charge in [0.25, 0.3) is 11.8 Å². The number of nitrogens with one attached hydrogen (secondary N) is 2. The van der Waals surface area contributed by atoms with E-state index in [1.165, 1.54) is 6.92 Å². The second-order valence-electron chi connectivity index (χ2n) is 7.34. The van der Waals surface area contributed by atoms with E-state index in [1.54, 1.807) is 43.3 Å². The number of benzene rings is 2. The van der Waals surface area contributed by atoms with Crippen LogP contribution in [-0.2, 0) is 16.9 Å². The standard InChI is InChI=1S/C21H22F2N4O3/c1-21(16-10-15(22)8-9-17(16)23)19(29)27(20(30)25-21)12-26(3)11-13-4-6-14(7-5-13)18(28)24-2/h4-10H,11-12H2,1-3H3,(H,24,28)(H,25,30)/t21-/m0/s1. The van der Waals surface area contributed by atoms with Crippen molar-refractivity contribution in [2.24, 2.45) is 0 Å². The minimum Gasteiger partial charge on any atom is -0.355 e. The van der Waals surface area contributed by atoms with Crippen LogP contribution in [0.25, 0.3) is 0 Å². The Morgan fingerprint density at radius 3 is 2.47 bits per heavy atom. The SMILES string of the molecule is CNC(=O)c1ccc(CN(C)CN2C(=O)N[C@@](C)(c3cc(F)ccc3F)C2=O)cc1. The molecule has 0 aliphatic carbocycles. The van der Waals surface area contributed by atoms with E-state index < -0.39 is 29.1 Å². The molecule has 3 rings (SSSR count). The van der Waals surface area contributed by atoms with Crippen LogP contribution in [0.1, 0.15) is 28.4 Å². The van der Waals surface area contributed by atoms with Gasteiger partial charge in [0.2, 0.25) is 0 Å². The van der Waals surface area contributed by atoms with Crippen molar-refractivity contribution in [3.8, 4) is 0 Å². The first-order valence-electron chi connectivity index (χ1n) is 9.25. The number of hydrogen-bond acceptors (Lipinski definition) is 4. The molecule has 1 fully saturated rings. The second kappa shape index (κ2) is 8.19. The number of halogens is 2. The summed E-state index contributed by atoms with van der Waals surface area (Å²) >= 11 is 0. The first-order chi connectivity index (χ1) is 14.2. The lowest BCUT2D eigenvalue weighted by Crippen LogP contribution is -2.43. The van der Waals surface area contributed by atoms with Gasteiger partial charge in [-0.05, 0) is 49.9 Å². The molecule has 0 spiro atoms. The lowest BCUT2D eigenvalue weighted by Gasteiger charge is -2.25. The van der Waals surface area contributed by atoms with Crippen molar-refractivity contribution in [1.82, 2.24) is 20.4 Å². The number of amides is 4. The van der Waals surface area contributed by atoms with E-state index in [9.17, 15) is 23.2 Å². The molecule has 2 aromatic rings. The average molecular weight is 416 g/mol. The van der Waals surface area contributed by atoms with Crippen molar-refractivity contribution < 1.29 is 23.2 Å². The molecule has 1 saturated heterocycles. The summed E-state index contributed by atoms with van der Waals surface area (Å²) in [7, 11) is 3.26. The van der Waals surface area contributed by atoms with Crippen molar-refractivity contribution in [3.63, 3.8) is 0 Å². The molecular formula is C21H22F2N4O3. The summed E-state index contributed by atoms with van der Waals surface area (Å²) in [4.78, 5) is 39.6. The van der Waals surface area contributed by atoms with Gasteiger partial charge in [0.15, 0.2) is 0 Å². The lowest BCUT2D eigenvalue weighted by atomic mass is 9.91. The fourth-order valence-electron chi connectivity index (χ4n) is 3.40. The number of nitrogens with zero attached hydrogens (tertiary/aromatic N) is 2. The quantitative estimate of drug-likeness (QED) is 0.708. The third-order valence-corrected chi connectivity index (χ3v) is 5.02. The maximum absolute atomic E-state index is 14.2. The Hall–Kier alpha value is -3.33. The smallest absolute Gasteiger partial charge is 0.326 e. The molecule has 9 heteroatoms. The van der Waals surface area contributed by atoms with Gasteiger partial charge >= 0.3 is 6.03 Å².